The number of carboxylic acids is 1. The number of carboxylic acid groups (broad SMARTS) is 1. The number of hydrogen-bond acceptors (Lipinski definition) is 5. The quantitative estimate of drug-likeness (QED) is 0.407. The van der Waals surface area contributed by atoms with Crippen LogP contribution in [0.25, 0.3) is 32.8 Å². The van der Waals surface area contributed by atoms with Crippen LogP contribution in [-0.2, 0) is 22.4 Å². The molecule has 4 aromatic rings. The van der Waals surface area contributed by atoms with Gasteiger partial charge in [0.05, 0.1) is 30.8 Å². The zero-order valence-electron chi connectivity index (χ0n) is 20.6. The molecule has 5 rings (SSSR count). The first kappa shape index (κ1) is 24.6. The Morgan fingerprint density at radius 1 is 1.17 bits per heavy atom. The number of ether oxygens (including phenoxy) is 2. The number of hydrogen-bond donors (Lipinski definition) is 2. The highest BCUT2D eigenvalue weighted by atomic mass is 16.5. The number of aliphatic carboxylic acids is 1. The number of carbonyl (C=O) groups is 1. The van der Waals surface area contributed by atoms with Crippen LogP contribution in [0.2, 0.25) is 0 Å². The normalized spacial score (nSPS) is 12.7. The van der Waals surface area contributed by atoms with Crippen molar-refractivity contribution in [2.24, 2.45) is 0 Å². The van der Waals surface area contributed by atoms with E-state index >= 15 is 0 Å². The Hall–Kier alpha value is -3.48. The Balaban J connectivity index is 0.000000364. The zero-order chi connectivity index (χ0) is 25.2. The van der Waals surface area contributed by atoms with Gasteiger partial charge in [0.25, 0.3) is 0 Å². The molecule has 35 heavy (non-hydrogen) atoms. The largest absolute Gasteiger partial charge is 0.493 e. The molecule has 0 saturated carbocycles. The first-order chi connectivity index (χ1) is 16.7. The number of nitrogens with zero attached hydrogens (tertiary/aromatic N) is 1. The summed E-state index contributed by atoms with van der Waals surface area (Å²) < 4.78 is 10.5. The highest BCUT2D eigenvalue weighted by Gasteiger charge is 2.21. The summed E-state index contributed by atoms with van der Waals surface area (Å²) in [6.07, 6.45) is 2.67. The second-order valence-electron chi connectivity index (χ2n) is 9.49. The number of rotatable bonds is 5. The third-order valence-corrected chi connectivity index (χ3v) is 6.04. The van der Waals surface area contributed by atoms with Gasteiger partial charge in [0.2, 0.25) is 0 Å². The SMILES string of the molecule is COCC(C)(C)O.Cc1cc2ccccc2c(-c2ccc3c4c(ccnc24)CCO3)c1CC(=O)O. The third kappa shape index (κ3) is 5.29. The van der Waals surface area contributed by atoms with E-state index in [-0.39, 0.29) is 6.42 Å². The van der Waals surface area contributed by atoms with Crippen molar-refractivity contribution in [3.05, 3.63) is 71.4 Å². The molecule has 0 bridgehead atoms. The maximum Gasteiger partial charge on any atom is 0.307 e. The van der Waals surface area contributed by atoms with E-state index < -0.39 is 11.6 Å². The van der Waals surface area contributed by atoms with Crippen LogP contribution in [-0.4, -0.2) is 47.1 Å². The van der Waals surface area contributed by atoms with E-state index in [1.54, 1.807) is 21.0 Å². The van der Waals surface area contributed by atoms with Gasteiger partial charge in [-0.2, -0.15) is 0 Å². The molecule has 0 spiro atoms. The average Bonchev–Trinajstić information content (AvgIpc) is 2.80. The number of methoxy groups -OCH3 is 1. The molecule has 0 amide bonds. The fourth-order valence-corrected chi connectivity index (χ4v) is 4.67. The van der Waals surface area contributed by atoms with E-state index in [1.165, 1.54) is 5.56 Å². The van der Waals surface area contributed by atoms with E-state index in [2.05, 4.69) is 22.9 Å². The van der Waals surface area contributed by atoms with E-state index in [9.17, 15) is 9.90 Å². The molecule has 0 saturated heterocycles. The second-order valence-corrected chi connectivity index (χ2v) is 9.49. The summed E-state index contributed by atoms with van der Waals surface area (Å²) in [4.78, 5) is 16.3. The summed E-state index contributed by atoms with van der Waals surface area (Å²) >= 11 is 0. The Bertz CT molecular complexity index is 1380. The monoisotopic (exact) mass is 473 g/mol. The van der Waals surface area contributed by atoms with Gasteiger partial charge in [0.15, 0.2) is 0 Å². The Kier molecular flexibility index (Phi) is 7.05. The lowest BCUT2D eigenvalue weighted by Gasteiger charge is -2.21. The van der Waals surface area contributed by atoms with Crippen LogP contribution in [0.5, 0.6) is 5.75 Å². The molecule has 2 heterocycles. The average molecular weight is 474 g/mol. The lowest BCUT2D eigenvalue weighted by molar-refractivity contribution is -0.136. The molecule has 0 fully saturated rings. The van der Waals surface area contributed by atoms with Gasteiger partial charge in [0.1, 0.15) is 5.75 Å². The number of fused-ring (bicyclic) bond motifs is 1. The summed E-state index contributed by atoms with van der Waals surface area (Å²) in [5, 5.41) is 21.6. The molecular weight excluding hydrogens is 442 g/mol. The van der Waals surface area contributed by atoms with Crippen LogP contribution in [0, 0.1) is 6.92 Å². The number of benzene rings is 3. The first-order valence-corrected chi connectivity index (χ1v) is 11.7. The minimum atomic E-state index is -0.835. The summed E-state index contributed by atoms with van der Waals surface area (Å²) in [6, 6.07) is 16.2. The van der Waals surface area contributed by atoms with Crippen molar-refractivity contribution in [3.63, 3.8) is 0 Å². The molecule has 0 unspecified atom stereocenters. The number of aliphatic hydroxyl groups is 1. The fourth-order valence-electron chi connectivity index (χ4n) is 4.67. The molecule has 3 aromatic carbocycles. The van der Waals surface area contributed by atoms with Crippen molar-refractivity contribution in [1.29, 1.82) is 0 Å². The number of pyridine rings is 1. The topological polar surface area (TPSA) is 88.9 Å². The Morgan fingerprint density at radius 3 is 2.63 bits per heavy atom. The lowest BCUT2D eigenvalue weighted by atomic mass is 9.87. The number of aryl methyl sites for hydroxylation is 1. The van der Waals surface area contributed by atoms with Crippen LogP contribution >= 0.6 is 0 Å². The third-order valence-electron chi connectivity index (χ3n) is 6.04. The fraction of sp³-hybridized carbons (Fsp3) is 0.310. The standard InChI is InChI=1S/C24H19NO3.C5H12O2/c1-14-12-16-4-2-3-5-17(16)23(19(14)13-21(26)27)18-6-7-20-22-15(9-11-28-20)8-10-25-24(18)22;1-5(2,6)4-7-3/h2-8,10,12H,9,11,13H2,1H3,(H,26,27);6H,4H2,1-3H3. The molecule has 2 N–H and O–H groups in total. The highest BCUT2D eigenvalue weighted by molar-refractivity contribution is 6.08. The van der Waals surface area contributed by atoms with Crippen molar-refractivity contribution >= 4 is 27.6 Å². The molecular formula is C29H31NO5. The maximum atomic E-state index is 11.6. The zero-order valence-corrected chi connectivity index (χ0v) is 20.6. The van der Waals surface area contributed by atoms with Crippen molar-refractivity contribution in [1.82, 2.24) is 4.98 Å². The number of aromatic nitrogens is 1. The van der Waals surface area contributed by atoms with Gasteiger partial charge < -0.3 is 19.7 Å². The summed E-state index contributed by atoms with van der Waals surface area (Å²) in [7, 11) is 1.57. The van der Waals surface area contributed by atoms with Crippen LogP contribution in [0.4, 0.5) is 0 Å². The smallest absolute Gasteiger partial charge is 0.307 e. The Labute approximate surface area is 205 Å². The molecule has 1 aromatic heterocycles. The van der Waals surface area contributed by atoms with Gasteiger partial charge in [-0.15, -0.1) is 0 Å². The molecule has 6 nitrogen and oxygen atoms in total. The maximum absolute atomic E-state index is 11.6. The van der Waals surface area contributed by atoms with Gasteiger partial charge >= 0.3 is 5.97 Å². The van der Waals surface area contributed by atoms with E-state index in [1.807, 2.05) is 43.5 Å². The second kappa shape index (κ2) is 10.0. The van der Waals surface area contributed by atoms with Crippen molar-refractivity contribution < 1.29 is 24.5 Å². The van der Waals surface area contributed by atoms with Crippen LogP contribution in [0.1, 0.15) is 30.5 Å². The summed E-state index contributed by atoms with van der Waals surface area (Å²) in [6.45, 7) is 6.46. The summed E-state index contributed by atoms with van der Waals surface area (Å²) in [5.41, 5.74) is 5.16. The highest BCUT2D eigenvalue weighted by Crippen LogP contribution is 2.42. The molecule has 182 valence electrons. The van der Waals surface area contributed by atoms with Crippen LogP contribution in [0.3, 0.4) is 0 Å². The predicted molar refractivity (Wildman–Crippen MR) is 138 cm³/mol. The van der Waals surface area contributed by atoms with Gasteiger partial charge in [-0.05, 0) is 72.0 Å². The van der Waals surface area contributed by atoms with Gasteiger partial charge in [-0.3, -0.25) is 9.78 Å². The summed E-state index contributed by atoms with van der Waals surface area (Å²) in [5.74, 6) is 0.0171. The van der Waals surface area contributed by atoms with Gasteiger partial charge in [0, 0.05) is 30.7 Å². The molecule has 0 radical (unpaired) electrons. The molecule has 0 aliphatic carbocycles. The van der Waals surface area contributed by atoms with E-state index in [0.29, 0.717) is 13.2 Å². The van der Waals surface area contributed by atoms with Crippen molar-refractivity contribution in [2.45, 2.75) is 39.2 Å². The predicted octanol–water partition coefficient (Wildman–Crippen LogP) is 5.33. The van der Waals surface area contributed by atoms with Gasteiger partial charge in [-0.25, -0.2) is 0 Å². The van der Waals surface area contributed by atoms with E-state index in [4.69, 9.17) is 14.8 Å². The van der Waals surface area contributed by atoms with Crippen LogP contribution in [0.15, 0.2) is 54.7 Å². The first-order valence-electron chi connectivity index (χ1n) is 11.7. The van der Waals surface area contributed by atoms with Gasteiger partial charge in [-0.1, -0.05) is 30.3 Å². The minimum Gasteiger partial charge on any atom is -0.493 e. The minimum absolute atomic E-state index is 0.0224. The molecule has 0 atom stereocenters. The van der Waals surface area contributed by atoms with Crippen molar-refractivity contribution in [3.8, 4) is 16.9 Å². The van der Waals surface area contributed by atoms with Crippen LogP contribution < -0.4 is 4.74 Å². The van der Waals surface area contributed by atoms with Crippen molar-refractivity contribution in [2.75, 3.05) is 20.3 Å². The van der Waals surface area contributed by atoms with E-state index in [0.717, 1.165) is 56.1 Å². The Morgan fingerprint density at radius 2 is 1.94 bits per heavy atom. The lowest BCUT2D eigenvalue weighted by Crippen LogP contribution is -2.24. The molecule has 6 heteroatoms. The molecule has 1 aliphatic heterocycles. The molecule has 1 aliphatic rings.